The topological polar surface area (TPSA) is 17.1 Å². The fourth-order valence-corrected chi connectivity index (χ4v) is 2.87. The maximum Gasteiger partial charge on any atom is 0.191 e. The van der Waals surface area contributed by atoms with Gasteiger partial charge in [-0.2, -0.15) is 0 Å². The highest BCUT2D eigenvalue weighted by Gasteiger charge is 2.17. The number of Topliss-reactive ketones (excluding diaryl/α,β-unsaturated/α-hetero) is 1. The number of rotatable bonds is 3. The normalized spacial score (nSPS) is 18.9. The molecule has 3 heteroatoms. The Balaban J connectivity index is 2.09. The molecule has 1 saturated carbocycles. The second kappa shape index (κ2) is 6.01. The van der Waals surface area contributed by atoms with Crippen LogP contribution in [0.4, 0.5) is 0 Å². The van der Waals surface area contributed by atoms with E-state index in [0.29, 0.717) is 11.5 Å². The molecule has 0 radical (unpaired) electrons. The SMILES string of the molecule is O=C(c1ccc(C2CCCCC2)cc1)C(Cl)Br. The highest BCUT2D eigenvalue weighted by atomic mass is 79.9. The average molecular weight is 316 g/mol. The first kappa shape index (κ1) is 13.1. The Morgan fingerprint density at radius 3 is 2.29 bits per heavy atom. The molecule has 0 amide bonds. The van der Waals surface area contributed by atoms with Crippen molar-refractivity contribution in [3.05, 3.63) is 35.4 Å². The molecule has 1 aromatic rings. The van der Waals surface area contributed by atoms with Crippen LogP contribution in [-0.4, -0.2) is 10.1 Å². The number of carbonyl (C=O) groups is 1. The van der Waals surface area contributed by atoms with Gasteiger partial charge < -0.3 is 0 Å². The molecule has 2 rings (SSSR count). The molecule has 1 aliphatic carbocycles. The van der Waals surface area contributed by atoms with Gasteiger partial charge in [0.15, 0.2) is 10.1 Å². The van der Waals surface area contributed by atoms with Crippen molar-refractivity contribution in [1.82, 2.24) is 0 Å². The lowest BCUT2D eigenvalue weighted by atomic mass is 9.84. The molecule has 0 spiro atoms. The predicted molar refractivity (Wildman–Crippen MR) is 75.2 cm³/mol. The molecule has 1 atom stereocenters. The standard InChI is InChI=1S/C14H16BrClO/c15-14(16)13(17)12-8-6-11(7-9-12)10-4-2-1-3-5-10/h6-10,14H,1-5H2. The quantitative estimate of drug-likeness (QED) is 0.574. The molecule has 0 aromatic heterocycles. The maximum atomic E-state index is 11.7. The summed E-state index contributed by atoms with van der Waals surface area (Å²) in [6, 6.07) is 7.94. The third-order valence-electron chi connectivity index (χ3n) is 3.47. The third kappa shape index (κ3) is 3.32. The first-order valence-corrected chi connectivity index (χ1v) is 7.46. The Bertz CT molecular complexity index is 380. The third-order valence-corrected chi connectivity index (χ3v) is 4.08. The van der Waals surface area contributed by atoms with E-state index in [-0.39, 0.29) is 5.78 Å². The van der Waals surface area contributed by atoms with Gasteiger partial charge in [0, 0.05) is 5.56 Å². The Morgan fingerprint density at radius 2 is 1.76 bits per heavy atom. The second-order valence-corrected chi connectivity index (χ2v) is 6.50. The van der Waals surface area contributed by atoms with Gasteiger partial charge in [-0.15, -0.1) is 11.6 Å². The van der Waals surface area contributed by atoms with Gasteiger partial charge in [-0.05, 0) is 24.3 Å². The first-order valence-electron chi connectivity index (χ1n) is 6.11. The molecule has 0 aliphatic heterocycles. The van der Waals surface area contributed by atoms with Gasteiger partial charge in [0.05, 0.1) is 0 Å². The van der Waals surface area contributed by atoms with Crippen molar-refractivity contribution in [1.29, 1.82) is 0 Å². The van der Waals surface area contributed by atoms with Gasteiger partial charge in [-0.25, -0.2) is 0 Å². The van der Waals surface area contributed by atoms with Crippen LogP contribution in [-0.2, 0) is 0 Å². The van der Waals surface area contributed by atoms with E-state index in [0.717, 1.165) is 0 Å². The summed E-state index contributed by atoms with van der Waals surface area (Å²) in [7, 11) is 0. The van der Waals surface area contributed by atoms with Crippen molar-refractivity contribution >= 4 is 33.3 Å². The Morgan fingerprint density at radius 1 is 1.18 bits per heavy atom. The summed E-state index contributed by atoms with van der Waals surface area (Å²) in [5.41, 5.74) is 2.04. The number of benzene rings is 1. The number of hydrogen-bond donors (Lipinski definition) is 0. The van der Waals surface area contributed by atoms with E-state index in [1.165, 1.54) is 37.7 Å². The zero-order valence-electron chi connectivity index (χ0n) is 9.66. The van der Waals surface area contributed by atoms with Crippen LogP contribution >= 0.6 is 27.5 Å². The summed E-state index contributed by atoms with van der Waals surface area (Å²) >= 11 is 8.81. The lowest BCUT2D eigenvalue weighted by molar-refractivity contribution is 0.101. The smallest absolute Gasteiger partial charge is 0.191 e. The van der Waals surface area contributed by atoms with Crippen molar-refractivity contribution in [3.63, 3.8) is 0 Å². The van der Waals surface area contributed by atoms with Crippen LogP contribution < -0.4 is 0 Å². The number of carbonyl (C=O) groups excluding carboxylic acids is 1. The molecule has 0 heterocycles. The van der Waals surface area contributed by atoms with Crippen molar-refractivity contribution in [3.8, 4) is 0 Å². The lowest BCUT2D eigenvalue weighted by Gasteiger charge is -2.22. The fourth-order valence-electron chi connectivity index (χ4n) is 2.48. The number of alkyl halides is 2. The first-order chi connectivity index (χ1) is 8.18. The summed E-state index contributed by atoms with van der Waals surface area (Å²) in [6.45, 7) is 0. The molecular formula is C14H16BrClO. The molecule has 92 valence electrons. The van der Waals surface area contributed by atoms with Crippen LogP contribution in [0.3, 0.4) is 0 Å². The molecular weight excluding hydrogens is 300 g/mol. The molecule has 1 aliphatic rings. The van der Waals surface area contributed by atoms with E-state index in [4.69, 9.17) is 11.6 Å². The summed E-state index contributed by atoms with van der Waals surface area (Å²) in [5.74, 6) is 0.616. The minimum Gasteiger partial charge on any atom is -0.292 e. The van der Waals surface area contributed by atoms with Crippen LogP contribution in [0, 0.1) is 0 Å². The maximum absolute atomic E-state index is 11.7. The van der Waals surface area contributed by atoms with Crippen LogP contribution in [0.2, 0.25) is 0 Å². The molecule has 0 saturated heterocycles. The average Bonchev–Trinajstić information content (AvgIpc) is 2.39. The van der Waals surface area contributed by atoms with E-state index in [9.17, 15) is 4.79 Å². The van der Waals surface area contributed by atoms with Crippen molar-refractivity contribution in [2.24, 2.45) is 0 Å². The fraction of sp³-hybridized carbons (Fsp3) is 0.500. The Hall–Kier alpha value is -0.340. The lowest BCUT2D eigenvalue weighted by Crippen LogP contribution is -2.08. The Kier molecular flexibility index (Phi) is 4.63. The number of ketones is 1. The van der Waals surface area contributed by atoms with Crippen LogP contribution in [0.25, 0.3) is 0 Å². The van der Waals surface area contributed by atoms with E-state index in [2.05, 4.69) is 28.1 Å². The molecule has 1 fully saturated rings. The summed E-state index contributed by atoms with van der Waals surface area (Å²) < 4.78 is -0.622. The van der Waals surface area contributed by atoms with Gasteiger partial charge in [0.1, 0.15) is 0 Å². The molecule has 0 bridgehead atoms. The summed E-state index contributed by atoms with van der Waals surface area (Å²) in [4.78, 5) is 11.7. The van der Waals surface area contributed by atoms with Crippen molar-refractivity contribution in [2.45, 2.75) is 42.3 Å². The predicted octanol–water partition coefficient (Wildman–Crippen LogP) is 4.88. The molecule has 1 nitrogen and oxygen atoms in total. The monoisotopic (exact) mass is 314 g/mol. The molecule has 0 N–H and O–H groups in total. The van der Waals surface area contributed by atoms with Gasteiger partial charge in [-0.1, -0.05) is 59.5 Å². The summed E-state index contributed by atoms with van der Waals surface area (Å²) in [6.07, 6.45) is 6.59. The highest BCUT2D eigenvalue weighted by molar-refractivity contribution is 9.10. The molecule has 1 aromatic carbocycles. The largest absolute Gasteiger partial charge is 0.292 e. The van der Waals surface area contributed by atoms with Crippen LogP contribution in [0.15, 0.2) is 24.3 Å². The second-order valence-electron chi connectivity index (χ2n) is 4.62. The zero-order chi connectivity index (χ0) is 12.3. The highest BCUT2D eigenvalue weighted by Crippen LogP contribution is 2.32. The van der Waals surface area contributed by atoms with E-state index in [1.54, 1.807) is 0 Å². The van der Waals surface area contributed by atoms with E-state index in [1.807, 2.05) is 12.1 Å². The minimum atomic E-state index is -0.622. The Labute approximate surface area is 116 Å². The van der Waals surface area contributed by atoms with Crippen LogP contribution in [0.1, 0.15) is 53.9 Å². The summed E-state index contributed by atoms with van der Waals surface area (Å²) in [5, 5.41) is 0. The van der Waals surface area contributed by atoms with E-state index < -0.39 is 4.29 Å². The van der Waals surface area contributed by atoms with Gasteiger partial charge in [0.2, 0.25) is 0 Å². The molecule has 17 heavy (non-hydrogen) atoms. The van der Waals surface area contributed by atoms with Crippen molar-refractivity contribution < 1.29 is 4.79 Å². The van der Waals surface area contributed by atoms with E-state index >= 15 is 0 Å². The van der Waals surface area contributed by atoms with Gasteiger partial charge >= 0.3 is 0 Å². The number of halogens is 2. The number of hydrogen-bond acceptors (Lipinski definition) is 1. The van der Waals surface area contributed by atoms with Crippen molar-refractivity contribution in [2.75, 3.05) is 0 Å². The molecule has 1 unspecified atom stereocenters. The zero-order valence-corrected chi connectivity index (χ0v) is 12.0. The van der Waals surface area contributed by atoms with Crippen LogP contribution in [0.5, 0.6) is 0 Å². The van der Waals surface area contributed by atoms with Gasteiger partial charge in [-0.3, -0.25) is 4.79 Å². The van der Waals surface area contributed by atoms with Gasteiger partial charge in [0.25, 0.3) is 0 Å². The minimum absolute atomic E-state index is 0.0677.